The number of benzene rings is 2. The molecule has 3 rings (SSSR count). The first-order chi connectivity index (χ1) is 19.8. The van der Waals surface area contributed by atoms with Gasteiger partial charge in [0.2, 0.25) is 11.8 Å². The molecule has 1 heterocycles. The molecule has 2 atom stereocenters. The lowest BCUT2D eigenvalue weighted by atomic mass is 9.84. The Kier molecular flexibility index (Phi) is 10.8. The highest BCUT2D eigenvalue weighted by Gasteiger charge is 2.38. The van der Waals surface area contributed by atoms with E-state index in [0.29, 0.717) is 12.4 Å². The molecule has 0 fully saturated rings. The predicted molar refractivity (Wildman–Crippen MR) is 152 cm³/mol. The number of nitrogens with zero attached hydrogens (tertiary/aromatic N) is 3. The maximum absolute atomic E-state index is 14.8. The van der Waals surface area contributed by atoms with Crippen molar-refractivity contribution in [2.24, 2.45) is 5.41 Å². The van der Waals surface area contributed by atoms with E-state index in [1.165, 1.54) is 11.8 Å². The Hall–Kier alpha value is -4.32. The molecule has 3 aromatic rings. The van der Waals surface area contributed by atoms with Crippen LogP contribution >= 0.6 is 0 Å². The third-order valence-electron chi connectivity index (χ3n) is 6.65. The molecule has 10 nitrogen and oxygen atoms in total. The minimum atomic E-state index is -1.33. The number of aliphatic hydroxyl groups excluding tert-OH is 1. The highest BCUT2D eigenvalue weighted by atomic mass is 19.1. The molecule has 0 saturated heterocycles. The molecule has 4 N–H and O–H groups in total. The third kappa shape index (κ3) is 8.35. The number of aromatic nitrogens is 2. The van der Waals surface area contributed by atoms with Crippen molar-refractivity contribution in [1.29, 1.82) is 0 Å². The Morgan fingerprint density at radius 3 is 2.40 bits per heavy atom. The number of hydrogen-bond donors (Lipinski definition) is 4. The van der Waals surface area contributed by atoms with Gasteiger partial charge in [-0.2, -0.15) is 0 Å². The lowest BCUT2D eigenvalue weighted by Gasteiger charge is -2.40. The van der Waals surface area contributed by atoms with E-state index >= 15 is 0 Å². The van der Waals surface area contributed by atoms with Gasteiger partial charge in [0, 0.05) is 31.4 Å². The number of carboxylic acid groups (broad SMARTS) is 1. The summed E-state index contributed by atoms with van der Waals surface area (Å²) in [5.74, 6) is -1.95. The minimum Gasteiger partial charge on any atom is -0.465 e. The van der Waals surface area contributed by atoms with E-state index in [4.69, 9.17) is 10.1 Å². The molecule has 12 heteroatoms. The summed E-state index contributed by atoms with van der Waals surface area (Å²) < 4.78 is 30.7. The van der Waals surface area contributed by atoms with E-state index in [2.05, 4.69) is 10.6 Å². The van der Waals surface area contributed by atoms with Crippen molar-refractivity contribution in [3.8, 4) is 11.3 Å². The van der Waals surface area contributed by atoms with Crippen LogP contribution in [0.5, 0.6) is 0 Å². The largest absolute Gasteiger partial charge is 0.465 e. The lowest BCUT2D eigenvalue weighted by Crippen LogP contribution is -2.46. The maximum Gasteiger partial charge on any atom is 0.405 e. The second-order valence-corrected chi connectivity index (χ2v) is 11.1. The van der Waals surface area contributed by atoms with Gasteiger partial charge in [0.25, 0.3) is 0 Å². The van der Waals surface area contributed by atoms with Crippen LogP contribution in [-0.2, 0) is 16.1 Å². The number of imidazole rings is 1. The average Bonchev–Trinajstić information content (AvgIpc) is 3.32. The van der Waals surface area contributed by atoms with E-state index in [-0.39, 0.29) is 30.8 Å². The van der Waals surface area contributed by atoms with E-state index in [0.717, 1.165) is 23.8 Å². The quantitative estimate of drug-likeness (QED) is 0.238. The van der Waals surface area contributed by atoms with E-state index in [9.17, 15) is 28.3 Å². The van der Waals surface area contributed by atoms with Crippen LogP contribution in [0, 0.1) is 17.0 Å². The summed E-state index contributed by atoms with van der Waals surface area (Å²) in [6, 6.07) is 10.9. The van der Waals surface area contributed by atoms with Crippen molar-refractivity contribution in [2.75, 3.05) is 19.7 Å². The van der Waals surface area contributed by atoms with E-state index < -0.39 is 53.6 Å². The summed E-state index contributed by atoms with van der Waals surface area (Å²) in [6.45, 7) is 6.92. The van der Waals surface area contributed by atoms with Crippen molar-refractivity contribution < 1.29 is 33.4 Å². The highest BCUT2D eigenvalue weighted by Crippen LogP contribution is 2.39. The van der Waals surface area contributed by atoms with Crippen LogP contribution in [-0.4, -0.2) is 68.3 Å². The Labute approximate surface area is 243 Å². The fourth-order valence-electron chi connectivity index (χ4n) is 4.73. The number of carbonyl (C=O) groups excluding carboxylic acids is 2. The van der Waals surface area contributed by atoms with Crippen LogP contribution in [0.15, 0.2) is 54.7 Å². The first-order valence-corrected chi connectivity index (χ1v) is 13.6. The molecule has 2 aromatic carbocycles. The first kappa shape index (κ1) is 32.2. The van der Waals surface area contributed by atoms with Crippen LogP contribution < -0.4 is 10.6 Å². The Morgan fingerprint density at radius 1 is 1.10 bits per heavy atom. The van der Waals surface area contributed by atoms with Crippen LogP contribution in [0.3, 0.4) is 0 Å². The zero-order chi connectivity index (χ0) is 31.0. The fraction of sp³-hybridized carbons (Fsp3) is 0.400. The maximum atomic E-state index is 14.8. The van der Waals surface area contributed by atoms with Gasteiger partial charge in [0.1, 0.15) is 30.1 Å². The molecule has 226 valence electrons. The van der Waals surface area contributed by atoms with Gasteiger partial charge in [-0.3, -0.25) is 9.59 Å². The molecule has 3 amide bonds. The zero-order valence-electron chi connectivity index (χ0n) is 24.1. The van der Waals surface area contributed by atoms with Gasteiger partial charge in [0.15, 0.2) is 0 Å². The molecule has 0 aliphatic heterocycles. The smallest absolute Gasteiger partial charge is 0.405 e. The van der Waals surface area contributed by atoms with Crippen molar-refractivity contribution in [3.05, 3.63) is 77.8 Å². The third-order valence-corrected chi connectivity index (χ3v) is 6.65. The number of amides is 3. The SMILES string of the molecule is C[C@H](NC(=O)O)C(=O)NCCCN(C(=O)CO)[C@@H](c1nc(-c2cc(F)ccc2F)cn1Cc1ccccc1)C(C)(C)C. The van der Waals surface area contributed by atoms with Crippen molar-refractivity contribution >= 4 is 17.9 Å². The van der Waals surface area contributed by atoms with E-state index in [1.807, 2.05) is 51.1 Å². The van der Waals surface area contributed by atoms with E-state index in [1.54, 1.807) is 10.8 Å². The van der Waals surface area contributed by atoms with Gasteiger partial charge >= 0.3 is 6.09 Å². The van der Waals surface area contributed by atoms with Gasteiger partial charge in [0.05, 0.1) is 11.7 Å². The van der Waals surface area contributed by atoms with Crippen molar-refractivity contribution in [3.63, 3.8) is 0 Å². The average molecular weight is 586 g/mol. The standard InChI is InChI=1S/C30H37F2N5O5/c1-19(34-29(41)42)28(40)33-13-8-14-37(25(39)18-38)26(30(2,3)4)27-35-24(22-15-21(31)11-12-23(22)32)17-36(27)16-20-9-6-5-7-10-20/h5-7,9-12,15,17,19,26,34,38H,8,13-14,16,18H2,1-4H3,(H,33,40)(H,41,42)/t19-,26-/m0/s1. The molecule has 0 spiro atoms. The molecular formula is C30H37F2N5O5. The molecule has 0 aliphatic rings. The molecular weight excluding hydrogens is 548 g/mol. The molecule has 42 heavy (non-hydrogen) atoms. The van der Waals surface area contributed by atoms with Gasteiger partial charge in [-0.15, -0.1) is 0 Å². The van der Waals surface area contributed by atoms with Gasteiger partial charge < -0.3 is 30.3 Å². The predicted octanol–water partition coefficient (Wildman–Crippen LogP) is 3.95. The molecule has 0 radical (unpaired) electrons. The second kappa shape index (κ2) is 14.0. The number of halogens is 2. The van der Waals surface area contributed by atoms with Crippen molar-refractivity contribution in [1.82, 2.24) is 25.1 Å². The minimum absolute atomic E-state index is 0.0254. The molecule has 0 aliphatic carbocycles. The Bertz CT molecular complexity index is 1390. The number of hydrogen-bond acceptors (Lipinski definition) is 5. The van der Waals surface area contributed by atoms with Crippen LogP contribution in [0.4, 0.5) is 13.6 Å². The van der Waals surface area contributed by atoms with Crippen LogP contribution in [0.2, 0.25) is 0 Å². The summed E-state index contributed by atoms with van der Waals surface area (Å²) in [7, 11) is 0. The first-order valence-electron chi connectivity index (χ1n) is 13.6. The number of rotatable bonds is 12. The summed E-state index contributed by atoms with van der Waals surface area (Å²) in [6.07, 6.45) is 0.584. The summed E-state index contributed by atoms with van der Waals surface area (Å²) in [5.41, 5.74) is 0.450. The number of nitrogens with one attached hydrogen (secondary N) is 2. The molecule has 0 bridgehead atoms. The van der Waals surface area contributed by atoms with Gasteiger partial charge in [-0.25, -0.2) is 18.6 Å². The number of carbonyl (C=O) groups is 3. The summed E-state index contributed by atoms with van der Waals surface area (Å²) in [5, 5.41) is 23.4. The Morgan fingerprint density at radius 2 is 1.79 bits per heavy atom. The fourth-order valence-corrected chi connectivity index (χ4v) is 4.73. The van der Waals surface area contributed by atoms with Crippen molar-refractivity contribution in [2.45, 2.75) is 52.7 Å². The van der Waals surface area contributed by atoms with Gasteiger partial charge in [-0.05, 0) is 42.5 Å². The summed E-state index contributed by atoms with van der Waals surface area (Å²) in [4.78, 5) is 42.4. The monoisotopic (exact) mass is 585 g/mol. The van der Waals surface area contributed by atoms with Gasteiger partial charge in [-0.1, -0.05) is 51.1 Å². The topological polar surface area (TPSA) is 137 Å². The lowest BCUT2D eigenvalue weighted by molar-refractivity contribution is -0.139. The normalized spacial score (nSPS) is 12.8. The summed E-state index contributed by atoms with van der Waals surface area (Å²) >= 11 is 0. The molecule has 0 saturated carbocycles. The molecule has 0 unspecified atom stereocenters. The van der Waals surface area contributed by atoms with Crippen LogP contribution in [0.25, 0.3) is 11.3 Å². The second-order valence-electron chi connectivity index (χ2n) is 11.1. The molecule has 1 aromatic heterocycles. The van der Waals surface area contributed by atoms with Crippen LogP contribution in [0.1, 0.15) is 51.5 Å². The highest BCUT2D eigenvalue weighted by molar-refractivity contribution is 5.84. The Balaban J connectivity index is 2.00. The zero-order valence-corrected chi connectivity index (χ0v) is 24.1. The number of aliphatic hydroxyl groups is 1.